The second-order valence-electron chi connectivity index (χ2n) is 7.16. The summed E-state index contributed by atoms with van der Waals surface area (Å²) in [5.41, 5.74) is 1.18. The van der Waals surface area contributed by atoms with Crippen LogP contribution in [0.15, 0.2) is 60.7 Å². The maximum atomic E-state index is 12.5. The Morgan fingerprint density at radius 2 is 1.48 bits per heavy atom. The van der Waals surface area contributed by atoms with Crippen molar-refractivity contribution in [2.45, 2.75) is 44.9 Å². The first-order chi connectivity index (χ1) is 11.9. The summed E-state index contributed by atoms with van der Waals surface area (Å²) >= 11 is 0. The molecule has 0 saturated heterocycles. The number of hydrogen-bond acceptors (Lipinski definition) is 2. The highest BCUT2D eigenvalue weighted by atomic mass is 28.3. The molecule has 2 aromatic carbocycles. The van der Waals surface area contributed by atoms with E-state index in [1.807, 2.05) is 48.5 Å². The summed E-state index contributed by atoms with van der Waals surface area (Å²) in [6, 6.07) is 20.2. The van der Waals surface area contributed by atoms with E-state index in [0.717, 1.165) is 5.56 Å². The number of hydrogen-bond donors (Lipinski definition) is 1. The Balaban J connectivity index is 2.06. The number of Topliss-reactive ketones (excluding diaryl/α,β-unsaturated/α-hetero) is 1. The highest BCUT2D eigenvalue weighted by molar-refractivity contribution is 6.91. The summed E-state index contributed by atoms with van der Waals surface area (Å²) in [4.78, 5) is 24.3. The minimum Gasteiger partial charge on any atom is -0.352 e. The van der Waals surface area contributed by atoms with Gasteiger partial charge in [0.1, 0.15) is 5.78 Å². The molecule has 2 rings (SSSR count). The van der Waals surface area contributed by atoms with Crippen LogP contribution < -0.4 is 10.5 Å². The fourth-order valence-electron chi connectivity index (χ4n) is 3.13. The quantitative estimate of drug-likeness (QED) is 0.736. The van der Waals surface area contributed by atoms with Gasteiger partial charge in [-0.2, -0.15) is 0 Å². The van der Waals surface area contributed by atoms with E-state index in [1.165, 1.54) is 5.19 Å². The maximum Gasteiger partial charge on any atom is 0.220 e. The van der Waals surface area contributed by atoms with Crippen LogP contribution in [-0.2, 0) is 16.1 Å². The molecule has 0 bridgehead atoms. The van der Waals surface area contributed by atoms with Crippen LogP contribution in [0.2, 0.25) is 18.6 Å². The van der Waals surface area contributed by atoms with Gasteiger partial charge in [-0.1, -0.05) is 78.9 Å². The van der Waals surface area contributed by atoms with Crippen molar-refractivity contribution < 1.29 is 9.59 Å². The monoisotopic (exact) mass is 353 g/mol. The van der Waals surface area contributed by atoms with Crippen LogP contribution >= 0.6 is 0 Å². The van der Waals surface area contributed by atoms with Gasteiger partial charge in [-0.25, -0.2) is 0 Å². The molecule has 25 heavy (non-hydrogen) atoms. The van der Waals surface area contributed by atoms with Crippen LogP contribution in [-0.4, -0.2) is 19.8 Å². The number of ketones is 1. The Morgan fingerprint density at radius 1 is 0.920 bits per heavy atom. The number of benzene rings is 2. The minimum atomic E-state index is -1.92. The van der Waals surface area contributed by atoms with Crippen molar-refractivity contribution in [1.82, 2.24) is 5.32 Å². The Morgan fingerprint density at radius 3 is 2.04 bits per heavy atom. The molecule has 0 saturated carbocycles. The first-order valence-corrected chi connectivity index (χ1v) is 11.8. The fourth-order valence-corrected chi connectivity index (χ4v) is 6.14. The van der Waals surface area contributed by atoms with Crippen molar-refractivity contribution >= 4 is 25.0 Å². The Labute approximate surface area is 151 Å². The Bertz CT molecular complexity index is 698. The highest BCUT2D eigenvalue weighted by Crippen LogP contribution is 2.29. The highest BCUT2D eigenvalue weighted by Gasteiger charge is 2.35. The molecule has 0 aliphatic heterocycles. The number of nitrogens with one attached hydrogen (secondary N) is 1. The molecule has 2 aromatic rings. The molecule has 0 aliphatic rings. The predicted molar refractivity (Wildman–Crippen MR) is 106 cm³/mol. The second kappa shape index (κ2) is 8.76. The van der Waals surface area contributed by atoms with Crippen molar-refractivity contribution in [3.05, 3.63) is 66.2 Å². The topological polar surface area (TPSA) is 46.2 Å². The van der Waals surface area contributed by atoms with Crippen molar-refractivity contribution in [2.75, 3.05) is 0 Å². The molecule has 1 N–H and O–H groups in total. The molecule has 3 nitrogen and oxygen atoms in total. The van der Waals surface area contributed by atoms with Gasteiger partial charge in [0.15, 0.2) is 0 Å². The number of carbonyl (C=O) groups excluding carboxylic acids is 2. The molecule has 1 unspecified atom stereocenters. The molecule has 1 atom stereocenters. The van der Waals surface area contributed by atoms with Crippen LogP contribution in [0.25, 0.3) is 0 Å². The van der Waals surface area contributed by atoms with E-state index in [-0.39, 0.29) is 17.2 Å². The lowest BCUT2D eigenvalue weighted by Gasteiger charge is -2.32. The molecular weight excluding hydrogens is 326 g/mol. The van der Waals surface area contributed by atoms with E-state index in [0.29, 0.717) is 19.4 Å². The van der Waals surface area contributed by atoms with Gasteiger partial charge in [0.2, 0.25) is 5.91 Å². The lowest BCUT2D eigenvalue weighted by Crippen LogP contribution is -2.47. The van der Waals surface area contributed by atoms with Gasteiger partial charge in [0.05, 0.1) is 8.07 Å². The smallest absolute Gasteiger partial charge is 0.220 e. The predicted octanol–water partition coefficient (Wildman–Crippen LogP) is 3.66. The largest absolute Gasteiger partial charge is 0.352 e. The zero-order valence-electron chi connectivity index (χ0n) is 15.3. The first-order valence-electron chi connectivity index (χ1n) is 8.75. The van der Waals surface area contributed by atoms with Gasteiger partial charge in [-0.3, -0.25) is 4.79 Å². The van der Waals surface area contributed by atoms with Crippen molar-refractivity contribution in [1.29, 1.82) is 0 Å². The van der Waals surface area contributed by atoms with E-state index in [4.69, 9.17) is 0 Å². The van der Waals surface area contributed by atoms with Gasteiger partial charge in [0, 0.05) is 19.4 Å². The maximum absolute atomic E-state index is 12.5. The number of amides is 1. The summed E-state index contributed by atoms with van der Waals surface area (Å²) in [5.74, 6) is 0.170. The molecule has 0 aliphatic carbocycles. The van der Waals surface area contributed by atoms with Crippen LogP contribution in [0.1, 0.15) is 25.3 Å². The van der Waals surface area contributed by atoms with Crippen molar-refractivity contribution in [3.63, 3.8) is 0 Å². The molecule has 1 amide bonds. The summed E-state index contributed by atoms with van der Waals surface area (Å²) < 4.78 is 0. The molecule has 0 radical (unpaired) electrons. The normalized spacial score (nSPS) is 12.4. The van der Waals surface area contributed by atoms with E-state index >= 15 is 0 Å². The summed E-state index contributed by atoms with van der Waals surface area (Å²) in [5, 5.41) is 4.29. The zero-order chi connectivity index (χ0) is 18.3. The third kappa shape index (κ3) is 5.68. The summed E-state index contributed by atoms with van der Waals surface area (Å²) in [7, 11) is -1.92. The number of rotatable bonds is 8. The average Bonchev–Trinajstić information content (AvgIpc) is 2.60. The lowest BCUT2D eigenvalue weighted by atomic mass is 10.1. The third-order valence-electron chi connectivity index (χ3n) is 4.84. The molecule has 0 spiro atoms. The lowest BCUT2D eigenvalue weighted by molar-refractivity contribution is -0.121. The van der Waals surface area contributed by atoms with E-state index < -0.39 is 8.07 Å². The van der Waals surface area contributed by atoms with Crippen molar-refractivity contribution in [2.24, 2.45) is 0 Å². The Hall–Kier alpha value is -2.20. The van der Waals surface area contributed by atoms with E-state index in [9.17, 15) is 9.59 Å². The van der Waals surface area contributed by atoms with Gasteiger partial charge in [-0.15, -0.1) is 0 Å². The van der Waals surface area contributed by atoms with Gasteiger partial charge >= 0.3 is 0 Å². The van der Waals surface area contributed by atoms with E-state index in [2.05, 4.69) is 30.5 Å². The SMILES string of the molecule is CC(=O)CC(CC(=O)NCc1ccccc1)[Si](C)(C)c1ccccc1. The van der Waals surface area contributed by atoms with Crippen LogP contribution in [0.4, 0.5) is 0 Å². The molecule has 0 aromatic heterocycles. The van der Waals surface area contributed by atoms with Crippen LogP contribution in [0.5, 0.6) is 0 Å². The molecule has 132 valence electrons. The van der Waals surface area contributed by atoms with Crippen LogP contribution in [0, 0.1) is 0 Å². The number of carbonyl (C=O) groups is 2. The molecule has 4 heteroatoms. The standard InChI is InChI=1S/C21H27NO2Si/c1-17(23)14-20(25(2,3)19-12-8-5-9-13-19)15-21(24)22-16-18-10-6-4-7-11-18/h4-13,20H,14-16H2,1-3H3,(H,22,24). The van der Waals surface area contributed by atoms with E-state index in [1.54, 1.807) is 6.92 Å². The third-order valence-corrected chi connectivity index (χ3v) is 9.11. The summed E-state index contributed by atoms with van der Waals surface area (Å²) in [6.45, 7) is 6.64. The molecule has 0 fully saturated rings. The molecular formula is C21H27NO2Si. The molecule has 0 heterocycles. The second-order valence-corrected chi connectivity index (χ2v) is 12.0. The van der Waals surface area contributed by atoms with Crippen molar-refractivity contribution in [3.8, 4) is 0 Å². The Kier molecular flexibility index (Phi) is 6.71. The van der Waals surface area contributed by atoms with Gasteiger partial charge in [-0.05, 0) is 18.0 Å². The van der Waals surface area contributed by atoms with Crippen LogP contribution in [0.3, 0.4) is 0 Å². The first kappa shape index (κ1) is 19.1. The average molecular weight is 354 g/mol. The zero-order valence-corrected chi connectivity index (χ0v) is 16.3. The van der Waals surface area contributed by atoms with Gasteiger partial charge in [0.25, 0.3) is 0 Å². The van der Waals surface area contributed by atoms with Gasteiger partial charge < -0.3 is 10.1 Å². The fraction of sp³-hybridized carbons (Fsp3) is 0.333. The summed E-state index contributed by atoms with van der Waals surface area (Å²) in [6.07, 6.45) is 0.868. The minimum absolute atomic E-state index is 0.0200.